The van der Waals surface area contributed by atoms with E-state index in [9.17, 15) is 23.7 Å². The standard InChI is InChI=1S/C11H12F2N2O5/c1-20-5-6(4-16)14-11(17)7-2-9(13)10(15(18)19)3-8(7)12/h2-3,6,16H,4-5H2,1H3,(H,14,17). The molecule has 0 aliphatic heterocycles. The molecule has 0 aliphatic carbocycles. The summed E-state index contributed by atoms with van der Waals surface area (Å²) in [5.74, 6) is -3.56. The summed E-state index contributed by atoms with van der Waals surface area (Å²) in [5.41, 5.74) is -1.75. The number of rotatable bonds is 6. The van der Waals surface area contributed by atoms with Gasteiger partial charge >= 0.3 is 5.69 Å². The first-order chi connectivity index (χ1) is 9.40. The third-order valence-electron chi connectivity index (χ3n) is 2.40. The third kappa shape index (κ3) is 3.68. The molecule has 1 rings (SSSR count). The fraction of sp³-hybridized carbons (Fsp3) is 0.364. The monoisotopic (exact) mass is 290 g/mol. The highest BCUT2D eigenvalue weighted by molar-refractivity contribution is 5.95. The summed E-state index contributed by atoms with van der Waals surface area (Å²) >= 11 is 0. The molecule has 0 aromatic heterocycles. The molecule has 110 valence electrons. The molecule has 0 saturated heterocycles. The zero-order chi connectivity index (χ0) is 15.3. The van der Waals surface area contributed by atoms with Gasteiger partial charge in [-0.1, -0.05) is 0 Å². The predicted octanol–water partition coefficient (Wildman–Crippen LogP) is 0.610. The zero-order valence-corrected chi connectivity index (χ0v) is 10.4. The molecule has 1 aromatic carbocycles. The number of hydrogen-bond acceptors (Lipinski definition) is 5. The number of carbonyl (C=O) groups is 1. The van der Waals surface area contributed by atoms with Crippen molar-refractivity contribution < 1.29 is 28.3 Å². The van der Waals surface area contributed by atoms with Crippen LogP contribution in [0.25, 0.3) is 0 Å². The number of aliphatic hydroxyl groups excluding tert-OH is 1. The van der Waals surface area contributed by atoms with Gasteiger partial charge in [0.1, 0.15) is 5.82 Å². The van der Waals surface area contributed by atoms with E-state index in [-0.39, 0.29) is 6.61 Å². The van der Waals surface area contributed by atoms with Crippen LogP contribution >= 0.6 is 0 Å². The molecule has 7 nitrogen and oxygen atoms in total. The molecule has 9 heteroatoms. The van der Waals surface area contributed by atoms with Gasteiger partial charge in [-0.3, -0.25) is 14.9 Å². The minimum atomic E-state index is -1.33. The summed E-state index contributed by atoms with van der Waals surface area (Å²) in [6.07, 6.45) is 0. The van der Waals surface area contributed by atoms with Crippen LogP contribution < -0.4 is 5.32 Å². The predicted molar refractivity (Wildman–Crippen MR) is 63.2 cm³/mol. The Hall–Kier alpha value is -2.13. The second-order valence-electron chi connectivity index (χ2n) is 3.85. The van der Waals surface area contributed by atoms with Crippen LogP contribution in [0.3, 0.4) is 0 Å². The molecule has 1 unspecified atom stereocenters. The maximum absolute atomic E-state index is 13.6. The lowest BCUT2D eigenvalue weighted by atomic mass is 10.1. The Bertz CT molecular complexity index is 524. The topological polar surface area (TPSA) is 102 Å². The van der Waals surface area contributed by atoms with Gasteiger partial charge in [-0.15, -0.1) is 0 Å². The first-order valence-electron chi connectivity index (χ1n) is 5.44. The number of aliphatic hydroxyl groups is 1. The van der Waals surface area contributed by atoms with E-state index in [1.54, 1.807) is 0 Å². The summed E-state index contributed by atoms with van der Waals surface area (Å²) in [5, 5.41) is 21.6. The number of carbonyl (C=O) groups excluding carboxylic acids is 1. The van der Waals surface area contributed by atoms with Crippen molar-refractivity contribution >= 4 is 11.6 Å². The smallest absolute Gasteiger partial charge is 0.307 e. The Morgan fingerprint density at radius 3 is 2.65 bits per heavy atom. The number of benzene rings is 1. The SMILES string of the molecule is COCC(CO)NC(=O)c1cc(F)c([N+](=O)[O-])cc1F. The molecule has 0 radical (unpaired) electrons. The lowest BCUT2D eigenvalue weighted by Gasteiger charge is -2.15. The largest absolute Gasteiger partial charge is 0.394 e. The summed E-state index contributed by atoms with van der Waals surface area (Å²) in [6.45, 7) is -0.490. The maximum Gasteiger partial charge on any atom is 0.307 e. The number of nitrogens with zero attached hydrogens (tertiary/aromatic N) is 1. The Kier molecular flexibility index (Phi) is 5.47. The second-order valence-corrected chi connectivity index (χ2v) is 3.85. The van der Waals surface area contributed by atoms with Gasteiger partial charge in [-0.05, 0) is 6.07 Å². The molecule has 20 heavy (non-hydrogen) atoms. The van der Waals surface area contributed by atoms with Gasteiger partial charge in [0.25, 0.3) is 5.91 Å². The second kappa shape index (κ2) is 6.87. The molecule has 0 fully saturated rings. The number of halogens is 2. The van der Waals surface area contributed by atoms with Crippen LogP contribution in [0.2, 0.25) is 0 Å². The Balaban J connectivity index is 2.99. The van der Waals surface area contributed by atoms with E-state index in [2.05, 4.69) is 5.32 Å². The van der Waals surface area contributed by atoms with Crippen LogP contribution in [0.4, 0.5) is 14.5 Å². The van der Waals surface area contributed by atoms with E-state index in [1.807, 2.05) is 0 Å². The molecule has 0 saturated carbocycles. The average molecular weight is 290 g/mol. The van der Waals surface area contributed by atoms with Gasteiger partial charge in [-0.2, -0.15) is 4.39 Å². The third-order valence-corrected chi connectivity index (χ3v) is 2.40. The molecular weight excluding hydrogens is 278 g/mol. The normalized spacial score (nSPS) is 12.0. The molecule has 1 amide bonds. The van der Waals surface area contributed by atoms with Gasteiger partial charge in [0.15, 0.2) is 0 Å². The van der Waals surface area contributed by atoms with E-state index in [0.717, 1.165) is 0 Å². The van der Waals surface area contributed by atoms with Crippen LogP contribution in [0, 0.1) is 21.7 Å². The molecule has 0 bridgehead atoms. The van der Waals surface area contributed by atoms with Crippen LogP contribution in [0.15, 0.2) is 12.1 Å². The Labute approximate surface area is 112 Å². The number of nitro groups is 1. The molecule has 1 atom stereocenters. The minimum Gasteiger partial charge on any atom is -0.394 e. The number of amides is 1. The maximum atomic E-state index is 13.6. The average Bonchev–Trinajstić information content (AvgIpc) is 2.39. The van der Waals surface area contributed by atoms with E-state index < -0.39 is 46.4 Å². The summed E-state index contributed by atoms with van der Waals surface area (Å²) in [6, 6.07) is -0.0383. The Morgan fingerprint density at radius 2 is 2.15 bits per heavy atom. The van der Waals surface area contributed by atoms with Crippen molar-refractivity contribution in [3.63, 3.8) is 0 Å². The van der Waals surface area contributed by atoms with Crippen molar-refractivity contribution in [3.8, 4) is 0 Å². The first kappa shape index (κ1) is 15.9. The molecular formula is C11H12F2N2O5. The van der Waals surface area contributed by atoms with Crippen molar-refractivity contribution in [2.45, 2.75) is 6.04 Å². The van der Waals surface area contributed by atoms with Crippen LogP contribution in [-0.4, -0.2) is 42.3 Å². The molecule has 0 spiro atoms. The van der Waals surface area contributed by atoms with Gasteiger partial charge < -0.3 is 15.2 Å². The van der Waals surface area contributed by atoms with E-state index in [0.29, 0.717) is 12.1 Å². The van der Waals surface area contributed by atoms with Gasteiger partial charge in [0.2, 0.25) is 5.82 Å². The van der Waals surface area contributed by atoms with Gasteiger partial charge in [-0.25, -0.2) is 4.39 Å². The number of ether oxygens (including phenoxy) is 1. The van der Waals surface area contributed by atoms with Crippen LogP contribution in [-0.2, 0) is 4.74 Å². The lowest BCUT2D eigenvalue weighted by Crippen LogP contribution is -2.41. The number of methoxy groups -OCH3 is 1. The fourth-order valence-corrected chi connectivity index (χ4v) is 1.45. The highest BCUT2D eigenvalue weighted by Crippen LogP contribution is 2.21. The van der Waals surface area contributed by atoms with E-state index >= 15 is 0 Å². The molecule has 2 N–H and O–H groups in total. The van der Waals surface area contributed by atoms with Crippen molar-refractivity contribution in [1.82, 2.24) is 5.32 Å². The Morgan fingerprint density at radius 1 is 1.50 bits per heavy atom. The van der Waals surface area contributed by atoms with E-state index in [4.69, 9.17) is 9.84 Å². The van der Waals surface area contributed by atoms with Crippen LogP contribution in [0.5, 0.6) is 0 Å². The molecule has 0 aliphatic rings. The fourth-order valence-electron chi connectivity index (χ4n) is 1.45. The highest BCUT2D eigenvalue weighted by atomic mass is 19.1. The lowest BCUT2D eigenvalue weighted by molar-refractivity contribution is -0.387. The van der Waals surface area contributed by atoms with Crippen molar-refractivity contribution in [2.75, 3.05) is 20.3 Å². The zero-order valence-electron chi connectivity index (χ0n) is 10.4. The van der Waals surface area contributed by atoms with Gasteiger partial charge in [0.05, 0.1) is 35.8 Å². The minimum absolute atomic E-state index is 0.0284. The van der Waals surface area contributed by atoms with Crippen molar-refractivity contribution in [2.24, 2.45) is 0 Å². The van der Waals surface area contributed by atoms with Gasteiger partial charge in [0, 0.05) is 7.11 Å². The first-order valence-corrected chi connectivity index (χ1v) is 5.44. The van der Waals surface area contributed by atoms with Crippen LogP contribution in [0.1, 0.15) is 10.4 Å². The molecule has 1 aromatic rings. The summed E-state index contributed by atoms with van der Waals surface area (Å²) in [7, 11) is 1.33. The summed E-state index contributed by atoms with van der Waals surface area (Å²) < 4.78 is 31.6. The highest BCUT2D eigenvalue weighted by Gasteiger charge is 2.23. The van der Waals surface area contributed by atoms with E-state index in [1.165, 1.54) is 7.11 Å². The number of nitrogens with one attached hydrogen (secondary N) is 1. The quantitative estimate of drug-likeness (QED) is 0.590. The number of nitro benzene ring substituents is 1. The molecule has 0 heterocycles. The summed E-state index contributed by atoms with van der Waals surface area (Å²) in [4.78, 5) is 21.0. The van der Waals surface area contributed by atoms with Crippen molar-refractivity contribution in [3.05, 3.63) is 39.4 Å². The van der Waals surface area contributed by atoms with Crippen molar-refractivity contribution in [1.29, 1.82) is 0 Å². The number of hydrogen-bond donors (Lipinski definition) is 2.